The Morgan fingerprint density at radius 1 is 1.62 bits per heavy atom. The number of carboxylic acids is 1. The summed E-state index contributed by atoms with van der Waals surface area (Å²) < 4.78 is 0. The van der Waals surface area contributed by atoms with Gasteiger partial charge in [0.15, 0.2) is 5.69 Å². The van der Waals surface area contributed by atoms with E-state index in [-0.39, 0.29) is 5.69 Å². The third-order valence-electron chi connectivity index (χ3n) is 2.18. The predicted octanol–water partition coefficient (Wildman–Crippen LogP) is 2.33. The molecule has 0 radical (unpaired) electrons. The van der Waals surface area contributed by atoms with Gasteiger partial charge in [0.25, 0.3) is 0 Å². The normalized spacial score (nSPS) is 12.1. The van der Waals surface area contributed by atoms with Crippen LogP contribution in [0.3, 0.4) is 0 Å². The summed E-state index contributed by atoms with van der Waals surface area (Å²) in [4.78, 5) is 14.8. The summed E-state index contributed by atoms with van der Waals surface area (Å²) in [6.45, 7) is 2.09. The Labute approximate surface area is 99.5 Å². The molecule has 5 heteroatoms. The van der Waals surface area contributed by atoms with Gasteiger partial charge >= 0.3 is 5.97 Å². The minimum absolute atomic E-state index is 0.0732. The fraction of sp³-hybridized carbons (Fsp3) is 0.455. The number of aromatic carboxylic acids is 1. The van der Waals surface area contributed by atoms with Crippen molar-refractivity contribution in [2.24, 2.45) is 0 Å². The van der Waals surface area contributed by atoms with Gasteiger partial charge in [-0.05, 0) is 24.8 Å². The standard InChI is InChI=1S/C11H16N2O2S/c1-3-8(7-16-2)12-10-6-4-5-9(13-10)11(14)15/h4-6,8H,3,7H2,1-2H3,(H,12,13)(H,14,15). The first-order valence-electron chi connectivity index (χ1n) is 5.13. The number of pyridine rings is 1. The number of carboxylic acid groups (broad SMARTS) is 1. The van der Waals surface area contributed by atoms with Gasteiger partial charge in [0.05, 0.1) is 0 Å². The number of hydrogen-bond donors (Lipinski definition) is 2. The molecule has 1 aromatic rings. The zero-order valence-electron chi connectivity index (χ0n) is 9.43. The predicted molar refractivity (Wildman–Crippen MR) is 67.3 cm³/mol. The van der Waals surface area contributed by atoms with Crippen LogP contribution in [0.4, 0.5) is 5.82 Å². The maximum atomic E-state index is 10.7. The van der Waals surface area contributed by atoms with Crippen molar-refractivity contribution < 1.29 is 9.90 Å². The lowest BCUT2D eigenvalue weighted by molar-refractivity contribution is 0.0690. The van der Waals surface area contributed by atoms with Gasteiger partial charge in [-0.25, -0.2) is 9.78 Å². The van der Waals surface area contributed by atoms with Crippen molar-refractivity contribution in [3.8, 4) is 0 Å². The molecule has 0 aliphatic rings. The lowest BCUT2D eigenvalue weighted by Crippen LogP contribution is -2.22. The van der Waals surface area contributed by atoms with Gasteiger partial charge in [-0.1, -0.05) is 13.0 Å². The Morgan fingerprint density at radius 2 is 2.38 bits per heavy atom. The quantitative estimate of drug-likeness (QED) is 0.799. The van der Waals surface area contributed by atoms with Gasteiger partial charge in [0, 0.05) is 11.8 Å². The van der Waals surface area contributed by atoms with E-state index in [4.69, 9.17) is 5.11 Å². The van der Waals surface area contributed by atoms with E-state index in [2.05, 4.69) is 17.2 Å². The first-order chi connectivity index (χ1) is 7.67. The first-order valence-corrected chi connectivity index (χ1v) is 6.52. The Bertz CT molecular complexity index is 358. The summed E-state index contributed by atoms with van der Waals surface area (Å²) in [6.07, 6.45) is 3.03. The third-order valence-corrected chi connectivity index (χ3v) is 2.92. The Hall–Kier alpha value is -1.23. The number of anilines is 1. The molecule has 1 aromatic heterocycles. The maximum absolute atomic E-state index is 10.7. The van der Waals surface area contributed by atoms with Crippen LogP contribution in [0.1, 0.15) is 23.8 Å². The molecule has 0 saturated carbocycles. The molecule has 0 bridgehead atoms. The summed E-state index contributed by atoms with van der Waals surface area (Å²) in [6, 6.07) is 5.30. The van der Waals surface area contributed by atoms with Gasteiger partial charge in [-0.3, -0.25) is 0 Å². The minimum atomic E-state index is -0.999. The van der Waals surface area contributed by atoms with Crippen molar-refractivity contribution in [1.29, 1.82) is 0 Å². The monoisotopic (exact) mass is 240 g/mol. The molecule has 1 rings (SSSR count). The number of hydrogen-bond acceptors (Lipinski definition) is 4. The maximum Gasteiger partial charge on any atom is 0.354 e. The van der Waals surface area contributed by atoms with E-state index in [0.717, 1.165) is 12.2 Å². The Balaban J connectivity index is 2.72. The van der Waals surface area contributed by atoms with Gasteiger partial charge < -0.3 is 10.4 Å². The average Bonchev–Trinajstić information content (AvgIpc) is 2.29. The zero-order valence-corrected chi connectivity index (χ0v) is 10.3. The van der Waals surface area contributed by atoms with E-state index in [9.17, 15) is 4.79 Å². The topological polar surface area (TPSA) is 62.2 Å². The first kappa shape index (κ1) is 12.8. The van der Waals surface area contributed by atoms with E-state index in [1.165, 1.54) is 6.07 Å². The largest absolute Gasteiger partial charge is 0.477 e. The highest BCUT2D eigenvalue weighted by Gasteiger charge is 2.08. The van der Waals surface area contributed by atoms with Crippen molar-refractivity contribution in [3.05, 3.63) is 23.9 Å². The molecule has 0 aromatic carbocycles. The molecule has 88 valence electrons. The van der Waals surface area contributed by atoms with Crippen LogP contribution >= 0.6 is 11.8 Å². The second-order valence-corrected chi connectivity index (χ2v) is 4.33. The molecular weight excluding hydrogens is 224 g/mol. The summed E-state index contributed by atoms with van der Waals surface area (Å²) in [7, 11) is 0. The number of rotatable bonds is 6. The fourth-order valence-corrected chi connectivity index (χ4v) is 2.03. The van der Waals surface area contributed by atoms with Crippen molar-refractivity contribution in [1.82, 2.24) is 4.98 Å². The molecule has 4 nitrogen and oxygen atoms in total. The Kier molecular flexibility index (Phi) is 5.11. The molecule has 1 atom stereocenters. The smallest absolute Gasteiger partial charge is 0.354 e. The second-order valence-electron chi connectivity index (χ2n) is 3.42. The SMILES string of the molecule is CCC(CSC)Nc1cccc(C(=O)O)n1. The van der Waals surface area contributed by atoms with Crippen molar-refractivity contribution in [2.75, 3.05) is 17.3 Å². The molecule has 0 amide bonds. The Morgan fingerprint density at radius 3 is 2.94 bits per heavy atom. The highest BCUT2D eigenvalue weighted by molar-refractivity contribution is 7.98. The fourth-order valence-electron chi connectivity index (χ4n) is 1.31. The minimum Gasteiger partial charge on any atom is -0.477 e. The van der Waals surface area contributed by atoms with E-state index in [1.807, 2.05) is 6.26 Å². The van der Waals surface area contributed by atoms with E-state index in [1.54, 1.807) is 23.9 Å². The number of thioether (sulfide) groups is 1. The highest BCUT2D eigenvalue weighted by Crippen LogP contribution is 2.10. The summed E-state index contributed by atoms with van der Waals surface area (Å²) in [5.41, 5.74) is 0.0732. The molecule has 0 aliphatic heterocycles. The lowest BCUT2D eigenvalue weighted by atomic mass is 10.2. The van der Waals surface area contributed by atoms with Gasteiger partial charge in [0.1, 0.15) is 5.82 Å². The van der Waals surface area contributed by atoms with Gasteiger partial charge in [0.2, 0.25) is 0 Å². The summed E-state index contributed by atoms with van der Waals surface area (Å²) in [5, 5.41) is 12.0. The van der Waals surface area contributed by atoms with E-state index >= 15 is 0 Å². The molecule has 1 unspecified atom stereocenters. The number of nitrogens with zero attached hydrogens (tertiary/aromatic N) is 1. The molecule has 1 heterocycles. The van der Waals surface area contributed by atoms with Crippen molar-refractivity contribution in [2.45, 2.75) is 19.4 Å². The van der Waals surface area contributed by atoms with Gasteiger partial charge in [-0.2, -0.15) is 11.8 Å². The number of nitrogens with one attached hydrogen (secondary N) is 1. The van der Waals surface area contributed by atoms with Crippen LogP contribution in [0.25, 0.3) is 0 Å². The average molecular weight is 240 g/mol. The lowest BCUT2D eigenvalue weighted by Gasteiger charge is -2.16. The molecular formula is C11H16N2O2S. The molecule has 0 saturated heterocycles. The van der Waals surface area contributed by atoms with Crippen LogP contribution in [0, 0.1) is 0 Å². The van der Waals surface area contributed by atoms with E-state index in [0.29, 0.717) is 11.9 Å². The van der Waals surface area contributed by atoms with Crippen LogP contribution in [-0.4, -0.2) is 34.1 Å². The van der Waals surface area contributed by atoms with Crippen LogP contribution in [0.2, 0.25) is 0 Å². The van der Waals surface area contributed by atoms with Crippen LogP contribution in [0.15, 0.2) is 18.2 Å². The molecule has 16 heavy (non-hydrogen) atoms. The summed E-state index contributed by atoms with van der Waals surface area (Å²) in [5.74, 6) is 0.609. The van der Waals surface area contributed by atoms with Crippen LogP contribution < -0.4 is 5.32 Å². The highest BCUT2D eigenvalue weighted by atomic mass is 32.2. The number of carbonyl (C=O) groups is 1. The van der Waals surface area contributed by atoms with E-state index < -0.39 is 5.97 Å². The number of aromatic nitrogens is 1. The molecule has 0 spiro atoms. The van der Waals surface area contributed by atoms with Gasteiger partial charge in [-0.15, -0.1) is 0 Å². The summed E-state index contributed by atoms with van der Waals surface area (Å²) >= 11 is 1.76. The second kappa shape index (κ2) is 6.37. The molecule has 2 N–H and O–H groups in total. The molecule has 0 aliphatic carbocycles. The molecule has 0 fully saturated rings. The van der Waals surface area contributed by atoms with Crippen LogP contribution in [-0.2, 0) is 0 Å². The van der Waals surface area contributed by atoms with Crippen molar-refractivity contribution in [3.63, 3.8) is 0 Å². The van der Waals surface area contributed by atoms with Crippen molar-refractivity contribution >= 4 is 23.5 Å². The van der Waals surface area contributed by atoms with Crippen LogP contribution in [0.5, 0.6) is 0 Å². The third kappa shape index (κ3) is 3.73. The zero-order chi connectivity index (χ0) is 12.0.